The zero-order chi connectivity index (χ0) is 17.0. The van der Waals surface area contributed by atoms with Crippen molar-refractivity contribution in [2.45, 2.75) is 31.6 Å². The maximum absolute atomic E-state index is 14.1. The van der Waals surface area contributed by atoms with E-state index < -0.39 is 15.8 Å². The molecule has 0 aliphatic carbocycles. The van der Waals surface area contributed by atoms with Gasteiger partial charge in [0.1, 0.15) is 0 Å². The molecule has 5 nitrogen and oxygen atoms in total. The zero-order valence-electron chi connectivity index (χ0n) is 13.9. The van der Waals surface area contributed by atoms with Crippen molar-refractivity contribution in [1.82, 2.24) is 9.62 Å². The summed E-state index contributed by atoms with van der Waals surface area (Å²) in [4.78, 5) is 0.0286. The number of piperidine rings is 1. The van der Waals surface area contributed by atoms with Gasteiger partial charge in [-0.25, -0.2) is 12.8 Å². The Morgan fingerprint density at radius 1 is 1.35 bits per heavy atom. The summed E-state index contributed by atoms with van der Waals surface area (Å²) in [5.74, 6) is -0.0588. The number of hydrogen-bond donors (Lipinski definition) is 1. The zero-order valence-corrected chi connectivity index (χ0v) is 14.7. The molecule has 1 aliphatic rings. The molecule has 130 valence electrons. The molecule has 1 N–H and O–H groups in total. The molecule has 0 saturated carbocycles. The number of sulfonamides is 1. The second kappa shape index (κ2) is 7.59. The summed E-state index contributed by atoms with van der Waals surface area (Å²) >= 11 is 0. The quantitative estimate of drug-likeness (QED) is 0.859. The van der Waals surface area contributed by atoms with Crippen LogP contribution in [0.4, 0.5) is 4.39 Å². The Morgan fingerprint density at radius 3 is 2.57 bits per heavy atom. The van der Waals surface area contributed by atoms with Crippen LogP contribution in [0.15, 0.2) is 17.0 Å². The fourth-order valence-electron chi connectivity index (χ4n) is 2.92. The van der Waals surface area contributed by atoms with Crippen LogP contribution in [0.25, 0.3) is 0 Å². The summed E-state index contributed by atoms with van der Waals surface area (Å²) in [6.07, 6.45) is 1.65. The second-order valence-corrected chi connectivity index (χ2v) is 7.77. The highest BCUT2D eigenvalue weighted by Gasteiger charge is 2.31. The molecule has 1 heterocycles. The molecule has 1 fully saturated rings. The predicted octanol–water partition coefficient (Wildman–Crippen LogP) is 2.15. The van der Waals surface area contributed by atoms with Gasteiger partial charge in [-0.15, -0.1) is 0 Å². The van der Waals surface area contributed by atoms with E-state index >= 15 is 0 Å². The first kappa shape index (κ1) is 18.2. The smallest absolute Gasteiger partial charge is 0.243 e. The van der Waals surface area contributed by atoms with Crippen molar-refractivity contribution in [3.63, 3.8) is 0 Å². The van der Waals surface area contributed by atoms with E-state index in [1.54, 1.807) is 0 Å². The largest absolute Gasteiger partial charge is 0.494 e. The fourth-order valence-corrected chi connectivity index (χ4v) is 4.61. The lowest BCUT2D eigenvalue weighted by molar-refractivity contribution is 0.268. The summed E-state index contributed by atoms with van der Waals surface area (Å²) in [6.45, 7) is 6.32. The van der Waals surface area contributed by atoms with Crippen LogP contribution < -0.4 is 10.1 Å². The number of nitrogens with one attached hydrogen (secondary N) is 1. The lowest BCUT2D eigenvalue weighted by Crippen LogP contribution is -2.41. The number of benzene rings is 1. The summed E-state index contributed by atoms with van der Waals surface area (Å²) in [6, 6.07) is 2.80. The van der Waals surface area contributed by atoms with Crippen LogP contribution in [-0.2, 0) is 10.0 Å². The molecule has 0 atom stereocenters. The second-order valence-electron chi connectivity index (χ2n) is 5.86. The van der Waals surface area contributed by atoms with Gasteiger partial charge in [-0.05, 0) is 50.9 Å². The lowest BCUT2D eigenvalue weighted by atomic mass is 9.98. The molecule has 1 aromatic carbocycles. The van der Waals surface area contributed by atoms with Gasteiger partial charge >= 0.3 is 0 Å². The topological polar surface area (TPSA) is 58.6 Å². The van der Waals surface area contributed by atoms with E-state index in [9.17, 15) is 12.8 Å². The number of nitrogens with zero attached hydrogens (tertiary/aromatic N) is 1. The third kappa shape index (κ3) is 3.84. The highest BCUT2D eigenvalue weighted by Crippen LogP contribution is 2.30. The molecule has 2 rings (SSSR count). The van der Waals surface area contributed by atoms with E-state index in [1.807, 2.05) is 0 Å². The summed E-state index contributed by atoms with van der Waals surface area (Å²) in [5, 5.41) is 3.30. The van der Waals surface area contributed by atoms with Gasteiger partial charge in [0.25, 0.3) is 0 Å². The number of rotatable bonds is 6. The normalized spacial score (nSPS) is 17.4. The predicted molar refractivity (Wildman–Crippen MR) is 87.7 cm³/mol. The fraction of sp³-hybridized carbons (Fsp3) is 0.625. The van der Waals surface area contributed by atoms with Crippen molar-refractivity contribution < 1.29 is 17.5 Å². The van der Waals surface area contributed by atoms with E-state index in [1.165, 1.54) is 30.5 Å². The van der Waals surface area contributed by atoms with Gasteiger partial charge in [0, 0.05) is 18.7 Å². The number of halogens is 1. The van der Waals surface area contributed by atoms with Crippen molar-refractivity contribution >= 4 is 10.0 Å². The third-order valence-corrected chi connectivity index (χ3v) is 6.44. The number of methoxy groups -OCH3 is 1. The highest BCUT2D eigenvalue weighted by atomic mass is 32.2. The lowest BCUT2D eigenvalue weighted by Gasteiger charge is -2.31. The first-order valence-electron chi connectivity index (χ1n) is 7.95. The third-order valence-electron chi connectivity index (χ3n) is 4.40. The molecule has 0 aromatic heterocycles. The Balaban J connectivity index is 2.16. The molecule has 7 heteroatoms. The van der Waals surface area contributed by atoms with E-state index in [-0.39, 0.29) is 16.2 Å². The van der Waals surface area contributed by atoms with Crippen molar-refractivity contribution in [2.75, 3.05) is 33.3 Å². The molecule has 1 saturated heterocycles. The van der Waals surface area contributed by atoms with Crippen molar-refractivity contribution in [2.24, 2.45) is 5.92 Å². The first-order chi connectivity index (χ1) is 10.9. The summed E-state index contributed by atoms with van der Waals surface area (Å²) in [5.41, 5.74) is 0.110. The monoisotopic (exact) mass is 344 g/mol. The van der Waals surface area contributed by atoms with Crippen molar-refractivity contribution in [3.05, 3.63) is 23.5 Å². The standard InChI is InChI=1S/C16H25FN2O3S/c1-4-18-11-13-7-9-19(10-8-13)23(20,21)15-6-5-14(22-3)16(17)12(15)2/h5-6,13,18H,4,7-11H2,1-3H3. The molecule has 1 aromatic rings. The summed E-state index contributed by atoms with van der Waals surface area (Å²) in [7, 11) is -2.30. The Kier molecular flexibility index (Phi) is 6.00. The highest BCUT2D eigenvalue weighted by molar-refractivity contribution is 7.89. The van der Waals surface area contributed by atoms with Crippen LogP contribution in [0.5, 0.6) is 5.75 Å². The van der Waals surface area contributed by atoms with Gasteiger partial charge in [0.2, 0.25) is 10.0 Å². The Bertz CT molecular complexity index is 641. The summed E-state index contributed by atoms with van der Waals surface area (Å²) < 4.78 is 46.1. The van der Waals surface area contributed by atoms with Crippen molar-refractivity contribution in [1.29, 1.82) is 0 Å². The van der Waals surface area contributed by atoms with Gasteiger partial charge in [-0.1, -0.05) is 6.92 Å². The molecule has 0 spiro atoms. The van der Waals surface area contributed by atoms with Crippen LogP contribution in [0, 0.1) is 18.7 Å². The van der Waals surface area contributed by atoms with Crippen LogP contribution in [0.1, 0.15) is 25.3 Å². The molecular weight excluding hydrogens is 319 g/mol. The average molecular weight is 344 g/mol. The van der Waals surface area contributed by atoms with E-state index in [2.05, 4.69) is 12.2 Å². The van der Waals surface area contributed by atoms with E-state index in [4.69, 9.17) is 4.74 Å². The van der Waals surface area contributed by atoms with Crippen LogP contribution in [-0.4, -0.2) is 46.0 Å². The Hall–Kier alpha value is -1.18. The molecular formula is C16H25FN2O3S. The van der Waals surface area contributed by atoms with Gasteiger partial charge < -0.3 is 10.1 Å². The Morgan fingerprint density at radius 2 is 2.00 bits per heavy atom. The molecule has 0 radical (unpaired) electrons. The molecule has 0 bridgehead atoms. The first-order valence-corrected chi connectivity index (χ1v) is 9.39. The van der Waals surface area contributed by atoms with E-state index in [0.717, 1.165) is 25.9 Å². The van der Waals surface area contributed by atoms with Gasteiger partial charge in [0.15, 0.2) is 11.6 Å². The number of ether oxygens (including phenoxy) is 1. The minimum atomic E-state index is -3.67. The van der Waals surface area contributed by atoms with Crippen LogP contribution in [0.3, 0.4) is 0 Å². The van der Waals surface area contributed by atoms with Crippen molar-refractivity contribution in [3.8, 4) is 5.75 Å². The van der Waals surface area contributed by atoms with Crippen LogP contribution >= 0.6 is 0 Å². The van der Waals surface area contributed by atoms with Gasteiger partial charge in [-0.3, -0.25) is 0 Å². The molecule has 0 amide bonds. The van der Waals surface area contributed by atoms with E-state index in [0.29, 0.717) is 19.0 Å². The average Bonchev–Trinajstić information content (AvgIpc) is 2.55. The minimum Gasteiger partial charge on any atom is -0.494 e. The maximum atomic E-state index is 14.1. The van der Waals surface area contributed by atoms with Gasteiger partial charge in [-0.2, -0.15) is 4.31 Å². The van der Waals surface area contributed by atoms with Gasteiger partial charge in [0.05, 0.1) is 12.0 Å². The SMILES string of the molecule is CCNCC1CCN(S(=O)(=O)c2ccc(OC)c(F)c2C)CC1. The Labute approximate surface area is 137 Å². The minimum absolute atomic E-state index is 0.0286. The number of hydrogen-bond acceptors (Lipinski definition) is 4. The maximum Gasteiger partial charge on any atom is 0.243 e. The molecule has 0 unspecified atom stereocenters. The molecule has 23 heavy (non-hydrogen) atoms. The molecule has 1 aliphatic heterocycles. The van der Waals surface area contributed by atoms with Crippen LogP contribution in [0.2, 0.25) is 0 Å².